The van der Waals surface area contributed by atoms with Crippen LogP contribution in [0.5, 0.6) is 5.75 Å². The molecule has 0 radical (unpaired) electrons. The Kier molecular flexibility index (Phi) is 7.67. The number of halogens is 1. The third kappa shape index (κ3) is 5.68. The van der Waals surface area contributed by atoms with Gasteiger partial charge in [-0.25, -0.2) is 4.79 Å². The maximum Gasteiger partial charge on any atom is 0.341 e. The first-order valence-corrected chi connectivity index (χ1v) is 11.1. The standard InChI is InChI=1S/C23H21ClN2O6S/c1-4-31-23(28)21-20(15-5-8-17(9-6-15)26(29)30)14(3)33-22(21)25-19(27)12-32-18-10-7-16(24)11-13(18)2/h5-11H,4,12H2,1-3H3,(H,25,27). The fourth-order valence-electron chi connectivity index (χ4n) is 3.21. The van der Waals surface area contributed by atoms with Crippen molar-refractivity contribution in [1.82, 2.24) is 0 Å². The number of benzene rings is 2. The number of carbonyl (C=O) groups excluding carboxylic acids is 2. The minimum atomic E-state index is -0.597. The van der Waals surface area contributed by atoms with Crippen molar-refractivity contribution in [1.29, 1.82) is 0 Å². The number of nitrogens with zero attached hydrogens (tertiary/aromatic N) is 1. The van der Waals surface area contributed by atoms with Crippen molar-refractivity contribution in [2.24, 2.45) is 0 Å². The first-order chi connectivity index (χ1) is 15.7. The number of carbonyl (C=O) groups is 2. The van der Waals surface area contributed by atoms with Crippen molar-refractivity contribution in [2.75, 3.05) is 18.5 Å². The molecule has 3 rings (SSSR count). The molecule has 0 saturated carbocycles. The molecule has 0 aliphatic carbocycles. The number of aryl methyl sites for hydroxylation is 2. The molecule has 33 heavy (non-hydrogen) atoms. The third-order valence-electron chi connectivity index (χ3n) is 4.68. The van der Waals surface area contributed by atoms with E-state index in [0.717, 1.165) is 10.4 Å². The van der Waals surface area contributed by atoms with Crippen LogP contribution in [0.25, 0.3) is 11.1 Å². The van der Waals surface area contributed by atoms with E-state index in [1.165, 1.54) is 23.5 Å². The highest BCUT2D eigenvalue weighted by Gasteiger charge is 2.26. The highest BCUT2D eigenvalue weighted by atomic mass is 35.5. The fourth-order valence-corrected chi connectivity index (χ4v) is 4.52. The summed E-state index contributed by atoms with van der Waals surface area (Å²) in [6.45, 7) is 5.18. The Morgan fingerprint density at radius 2 is 1.85 bits per heavy atom. The first kappa shape index (κ1) is 24.2. The van der Waals surface area contributed by atoms with Crippen LogP contribution in [-0.4, -0.2) is 30.0 Å². The maximum atomic E-state index is 12.8. The number of non-ortho nitro benzene ring substituents is 1. The van der Waals surface area contributed by atoms with Crippen LogP contribution in [0.2, 0.25) is 5.02 Å². The zero-order chi connectivity index (χ0) is 24.1. The van der Waals surface area contributed by atoms with Gasteiger partial charge in [-0.3, -0.25) is 14.9 Å². The number of hydrogen-bond acceptors (Lipinski definition) is 7. The van der Waals surface area contributed by atoms with Crippen LogP contribution in [0.15, 0.2) is 42.5 Å². The van der Waals surface area contributed by atoms with Gasteiger partial charge in [-0.2, -0.15) is 0 Å². The van der Waals surface area contributed by atoms with E-state index in [4.69, 9.17) is 21.1 Å². The Bertz CT molecular complexity index is 1210. The van der Waals surface area contributed by atoms with E-state index in [9.17, 15) is 19.7 Å². The second-order valence-electron chi connectivity index (χ2n) is 7.01. The van der Waals surface area contributed by atoms with Crippen molar-refractivity contribution in [3.05, 3.63) is 73.6 Å². The number of nitrogens with one attached hydrogen (secondary N) is 1. The Balaban J connectivity index is 1.88. The molecule has 0 fully saturated rings. The minimum Gasteiger partial charge on any atom is -0.483 e. The van der Waals surface area contributed by atoms with Gasteiger partial charge in [0, 0.05) is 27.6 Å². The van der Waals surface area contributed by atoms with E-state index in [-0.39, 0.29) is 24.5 Å². The minimum absolute atomic E-state index is 0.0625. The second kappa shape index (κ2) is 10.5. The predicted molar refractivity (Wildman–Crippen MR) is 127 cm³/mol. The number of esters is 1. The number of nitro groups is 1. The first-order valence-electron chi connectivity index (χ1n) is 9.95. The molecule has 1 amide bonds. The second-order valence-corrected chi connectivity index (χ2v) is 8.67. The van der Waals surface area contributed by atoms with Crippen molar-refractivity contribution in [3.8, 4) is 16.9 Å². The van der Waals surface area contributed by atoms with Crippen LogP contribution >= 0.6 is 22.9 Å². The molecule has 2 aromatic carbocycles. The fraction of sp³-hybridized carbons (Fsp3) is 0.217. The summed E-state index contributed by atoms with van der Waals surface area (Å²) >= 11 is 7.16. The van der Waals surface area contributed by atoms with Crippen LogP contribution < -0.4 is 10.1 Å². The molecule has 1 aromatic heterocycles. The van der Waals surface area contributed by atoms with E-state index in [0.29, 0.717) is 26.9 Å². The lowest BCUT2D eigenvalue weighted by Gasteiger charge is -2.11. The lowest BCUT2D eigenvalue weighted by molar-refractivity contribution is -0.384. The topological polar surface area (TPSA) is 108 Å². The smallest absolute Gasteiger partial charge is 0.341 e. The summed E-state index contributed by atoms with van der Waals surface area (Å²) in [6.07, 6.45) is 0. The Labute approximate surface area is 199 Å². The summed E-state index contributed by atoms with van der Waals surface area (Å²) in [5, 5.41) is 14.6. The van der Waals surface area contributed by atoms with Gasteiger partial charge in [0.25, 0.3) is 11.6 Å². The van der Waals surface area contributed by atoms with E-state index in [1.807, 2.05) is 6.92 Å². The molecule has 0 saturated heterocycles. The zero-order valence-electron chi connectivity index (χ0n) is 18.1. The predicted octanol–water partition coefficient (Wildman–Crippen LogP) is 5.79. The number of amides is 1. The van der Waals surface area contributed by atoms with Gasteiger partial charge in [0.15, 0.2) is 6.61 Å². The van der Waals surface area contributed by atoms with Gasteiger partial charge in [-0.05, 0) is 62.2 Å². The molecular weight excluding hydrogens is 468 g/mol. The number of hydrogen-bond donors (Lipinski definition) is 1. The molecule has 10 heteroatoms. The van der Waals surface area contributed by atoms with Crippen molar-refractivity contribution in [3.63, 3.8) is 0 Å². The van der Waals surface area contributed by atoms with E-state index < -0.39 is 16.8 Å². The molecule has 0 aliphatic rings. The van der Waals surface area contributed by atoms with Gasteiger partial charge < -0.3 is 14.8 Å². The van der Waals surface area contributed by atoms with Crippen LogP contribution in [-0.2, 0) is 9.53 Å². The molecule has 0 spiro atoms. The molecule has 0 unspecified atom stereocenters. The van der Waals surface area contributed by atoms with Crippen molar-refractivity contribution in [2.45, 2.75) is 20.8 Å². The highest BCUT2D eigenvalue weighted by molar-refractivity contribution is 7.17. The van der Waals surface area contributed by atoms with Crippen LogP contribution in [0, 0.1) is 24.0 Å². The lowest BCUT2D eigenvalue weighted by Crippen LogP contribution is -2.21. The molecular formula is C23H21ClN2O6S. The Morgan fingerprint density at radius 1 is 1.15 bits per heavy atom. The number of nitro benzene ring substituents is 1. The van der Waals surface area contributed by atoms with E-state index in [2.05, 4.69) is 5.32 Å². The number of anilines is 1. The molecule has 1 heterocycles. The van der Waals surface area contributed by atoms with Gasteiger partial charge in [-0.15, -0.1) is 11.3 Å². The lowest BCUT2D eigenvalue weighted by atomic mass is 10.0. The average Bonchev–Trinajstić information content (AvgIpc) is 3.08. The maximum absolute atomic E-state index is 12.8. The summed E-state index contributed by atoms with van der Waals surface area (Å²) in [6, 6.07) is 10.9. The normalized spacial score (nSPS) is 10.5. The van der Waals surface area contributed by atoms with Gasteiger partial charge in [0.2, 0.25) is 0 Å². The quantitative estimate of drug-likeness (QED) is 0.244. The van der Waals surface area contributed by atoms with E-state index in [1.54, 1.807) is 44.2 Å². The molecule has 0 atom stereocenters. The van der Waals surface area contributed by atoms with Gasteiger partial charge >= 0.3 is 5.97 Å². The van der Waals surface area contributed by atoms with Crippen LogP contribution in [0.3, 0.4) is 0 Å². The number of ether oxygens (including phenoxy) is 2. The Hall–Kier alpha value is -3.43. The van der Waals surface area contributed by atoms with Crippen LogP contribution in [0.1, 0.15) is 27.7 Å². The summed E-state index contributed by atoms with van der Waals surface area (Å²) in [4.78, 5) is 36.6. The summed E-state index contributed by atoms with van der Waals surface area (Å²) in [5.74, 6) is -0.527. The Morgan fingerprint density at radius 3 is 2.45 bits per heavy atom. The molecule has 3 aromatic rings. The van der Waals surface area contributed by atoms with Crippen molar-refractivity contribution >= 4 is 45.5 Å². The average molecular weight is 489 g/mol. The zero-order valence-corrected chi connectivity index (χ0v) is 19.7. The molecule has 172 valence electrons. The third-order valence-corrected chi connectivity index (χ3v) is 5.94. The largest absolute Gasteiger partial charge is 0.483 e. The van der Waals surface area contributed by atoms with E-state index >= 15 is 0 Å². The van der Waals surface area contributed by atoms with Gasteiger partial charge in [0.1, 0.15) is 16.3 Å². The number of rotatable bonds is 8. The summed E-state index contributed by atoms with van der Waals surface area (Å²) < 4.78 is 10.8. The molecule has 0 aliphatic heterocycles. The van der Waals surface area contributed by atoms with Gasteiger partial charge in [-0.1, -0.05) is 11.6 Å². The van der Waals surface area contributed by atoms with Crippen LogP contribution in [0.4, 0.5) is 10.7 Å². The summed E-state index contributed by atoms with van der Waals surface area (Å²) in [7, 11) is 0. The number of thiophene rings is 1. The molecule has 8 nitrogen and oxygen atoms in total. The molecule has 1 N–H and O–H groups in total. The van der Waals surface area contributed by atoms with Gasteiger partial charge in [0.05, 0.1) is 11.5 Å². The monoisotopic (exact) mass is 488 g/mol. The van der Waals surface area contributed by atoms with Crippen molar-refractivity contribution < 1.29 is 24.0 Å². The summed E-state index contributed by atoms with van der Waals surface area (Å²) in [5.41, 5.74) is 2.08. The highest BCUT2D eigenvalue weighted by Crippen LogP contribution is 2.40. The SMILES string of the molecule is CCOC(=O)c1c(NC(=O)COc2ccc(Cl)cc2C)sc(C)c1-c1ccc([N+](=O)[O-])cc1. The molecule has 0 bridgehead atoms.